The van der Waals surface area contributed by atoms with Crippen LogP contribution in [0.25, 0.3) is 0 Å². The van der Waals surface area contributed by atoms with Gasteiger partial charge in [0.15, 0.2) is 0 Å². The second-order valence-corrected chi connectivity index (χ2v) is 4.68. The number of unbranched alkanes of at least 4 members (excludes halogenated alkanes) is 3. The lowest BCUT2D eigenvalue weighted by Gasteiger charge is -2.41. The van der Waals surface area contributed by atoms with E-state index < -0.39 is 0 Å². The van der Waals surface area contributed by atoms with E-state index in [0.717, 1.165) is 17.8 Å². The molecule has 12 heavy (non-hydrogen) atoms. The molecule has 0 spiro atoms. The van der Waals surface area contributed by atoms with Gasteiger partial charge in [0.2, 0.25) is 0 Å². The molecule has 72 valence electrons. The second-order valence-electron chi connectivity index (χ2n) is 4.68. The van der Waals surface area contributed by atoms with Crippen molar-refractivity contribution in [3.63, 3.8) is 0 Å². The van der Waals surface area contributed by atoms with Crippen LogP contribution in [0.5, 0.6) is 0 Å². The van der Waals surface area contributed by atoms with Gasteiger partial charge >= 0.3 is 0 Å². The molecule has 0 heteroatoms. The second kappa shape index (κ2) is 4.89. The predicted molar refractivity (Wildman–Crippen MR) is 55.2 cm³/mol. The van der Waals surface area contributed by atoms with E-state index >= 15 is 0 Å². The van der Waals surface area contributed by atoms with Crippen LogP contribution >= 0.6 is 0 Å². The van der Waals surface area contributed by atoms with Gasteiger partial charge in [0, 0.05) is 0 Å². The molecule has 1 saturated carbocycles. The van der Waals surface area contributed by atoms with Crippen LogP contribution in [0.3, 0.4) is 0 Å². The van der Waals surface area contributed by atoms with E-state index in [2.05, 4.69) is 20.8 Å². The van der Waals surface area contributed by atoms with Crippen LogP contribution in [0.4, 0.5) is 0 Å². The third kappa shape index (κ3) is 2.50. The SMILES string of the molecule is CCCCCCC1CC(C)C1C. The van der Waals surface area contributed by atoms with Gasteiger partial charge in [0.25, 0.3) is 0 Å². The molecule has 0 amide bonds. The molecule has 0 aromatic carbocycles. The Kier molecular flexibility index (Phi) is 4.11. The minimum Gasteiger partial charge on any atom is -0.0654 e. The molecule has 1 rings (SSSR count). The van der Waals surface area contributed by atoms with Crippen LogP contribution in [0.15, 0.2) is 0 Å². The lowest BCUT2D eigenvalue weighted by atomic mass is 9.65. The maximum atomic E-state index is 2.43. The first-order valence-corrected chi connectivity index (χ1v) is 5.75. The summed E-state index contributed by atoms with van der Waals surface area (Å²) in [7, 11) is 0. The summed E-state index contributed by atoms with van der Waals surface area (Å²) < 4.78 is 0. The van der Waals surface area contributed by atoms with Gasteiger partial charge in [0.1, 0.15) is 0 Å². The Hall–Kier alpha value is 0. The topological polar surface area (TPSA) is 0 Å². The molecule has 0 aromatic heterocycles. The van der Waals surface area contributed by atoms with E-state index in [9.17, 15) is 0 Å². The van der Waals surface area contributed by atoms with Gasteiger partial charge in [-0.25, -0.2) is 0 Å². The Morgan fingerprint density at radius 3 is 2.33 bits per heavy atom. The maximum Gasteiger partial charge on any atom is -0.0383 e. The van der Waals surface area contributed by atoms with Crippen LogP contribution in [-0.4, -0.2) is 0 Å². The van der Waals surface area contributed by atoms with Crippen LogP contribution < -0.4 is 0 Å². The van der Waals surface area contributed by atoms with Crippen molar-refractivity contribution < 1.29 is 0 Å². The Balaban J connectivity index is 1.95. The Morgan fingerprint density at radius 1 is 1.08 bits per heavy atom. The monoisotopic (exact) mass is 168 g/mol. The Morgan fingerprint density at radius 2 is 1.83 bits per heavy atom. The molecule has 0 bridgehead atoms. The first-order valence-electron chi connectivity index (χ1n) is 5.75. The summed E-state index contributed by atoms with van der Waals surface area (Å²) in [6.07, 6.45) is 8.77. The molecule has 0 N–H and O–H groups in total. The zero-order valence-corrected chi connectivity index (χ0v) is 8.97. The first-order chi connectivity index (χ1) is 5.75. The summed E-state index contributed by atoms with van der Waals surface area (Å²) in [5.41, 5.74) is 0. The highest BCUT2D eigenvalue weighted by molar-refractivity contribution is 4.83. The average Bonchev–Trinajstić information content (AvgIpc) is 2.10. The Bertz CT molecular complexity index is 117. The van der Waals surface area contributed by atoms with Gasteiger partial charge in [-0.3, -0.25) is 0 Å². The van der Waals surface area contributed by atoms with Gasteiger partial charge in [0.05, 0.1) is 0 Å². The van der Waals surface area contributed by atoms with Crippen molar-refractivity contribution >= 4 is 0 Å². The van der Waals surface area contributed by atoms with E-state index in [0.29, 0.717) is 0 Å². The molecule has 0 aromatic rings. The highest BCUT2D eigenvalue weighted by Crippen LogP contribution is 2.42. The maximum absolute atomic E-state index is 2.43. The van der Waals surface area contributed by atoms with Crippen molar-refractivity contribution in [1.29, 1.82) is 0 Å². The number of hydrogen-bond donors (Lipinski definition) is 0. The summed E-state index contributed by atoms with van der Waals surface area (Å²) >= 11 is 0. The lowest BCUT2D eigenvalue weighted by molar-refractivity contribution is 0.0924. The number of rotatable bonds is 5. The van der Waals surface area contributed by atoms with Crippen LogP contribution in [-0.2, 0) is 0 Å². The van der Waals surface area contributed by atoms with Gasteiger partial charge in [-0.05, 0) is 24.2 Å². The molecule has 0 heterocycles. The summed E-state index contributed by atoms with van der Waals surface area (Å²) in [6, 6.07) is 0. The molecule has 1 aliphatic carbocycles. The molecule has 1 aliphatic rings. The van der Waals surface area contributed by atoms with Crippen LogP contribution in [0.2, 0.25) is 0 Å². The van der Waals surface area contributed by atoms with E-state index in [1.54, 1.807) is 0 Å². The van der Waals surface area contributed by atoms with Crippen molar-refractivity contribution in [2.75, 3.05) is 0 Å². The summed E-state index contributed by atoms with van der Waals surface area (Å²) in [5.74, 6) is 3.12. The lowest BCUT2D eigenvalue weighted by Crippen LogP contribution is -2.32. The molecule has 3 unspecified atom stereocenters. The minimum atomic E-state index is 1.01. The van der Waals surface area contributed by atoms with Crippen molar-refractivity contribution in [1.82, 2.24) is 0 Å². The molecular formula is C12H24. The summed E-state index contributed by atoms with van der Waals surface area (Å²) in [5, 5.41) is 0. The third-order valence-electron chi connectivity index (χ3n) is 3.74. The largest absolute Gasteiger partial charge is 0.0654 e. The first kappa shape index (κ1) is 10.1. The fourth-order valence-corrected chi connectivity index (χ4v) is 2.39. The quantitative estimate of drug-likeness (QED) is 0.538. The number of hydrogen-bond acceptors (Lipinski definition) is 0. The fourth-order valence-electron chi connectivity index (χ4n) is 2.39. The molecule has 0 saturated heterocycles. The van der Waals surface area contributed by atoms with Gasteiger partial charge in [-0.15, -0.1) is 0 Å². The zero-order chi connectivity index (χ0) is 8.97. The smallest absolute Gasteiger partial charge is 0.0383 e. The summed E-state index contributed by atoms with van der Waals surface area (Å²) in [6.45, 7) is 7.11. The zero-order valence-electron chi connectivity index (χ0n) is 8.97. The highest BCUT2D eigenvalue weighted by atomic mass is 14.4. The van der Waals surface area contributed by atoms with Gasteiger partial charge < -0.3 is 0 Å². The van der Waals surface area contributed by atoms with E-state index in [4.69, 9.17) is 0 Å². The van der Waals surface area contributed by atoms with Gasteiger partial charge in [-0.1, -0.05) is 52.9 Å². The molecule has 0 radical (unpaired) electrons. The molecule has 3 atom stereocenters. The van der Waals surface area contributed by atoms with Crippen molar-refractivity contribution in [2.24, 2.45) is 17.8 Å². The third-order valence-corrected chi connectivity index (χ3v) is 3.74. The Labute approximate surface area is 77.7 Å². The molecule has 0 aliphatic heterocycles. The minimum absolute atomic E-state index is 1.01. The van der Waals surface area contributed by atoms with Crippen LogP contribution in [0, 0.1) is 17.8 Å². The van der Waals surface area contributed by atoms with Crippen molar-refractivity contribution in [3.05, 3.63) is 0 Å². The van der Waals surface area contributed by atoms with Gasteiger partial charge in [-0.2, -0.15) is 0 Å². The molecule has 1 fully saturated rings. The van der Waals surface area contributed by atoms with Crippen LogP contribution in [0.1, 0.15) is 59.3 Å². The standard InChI is InChI=1S/C12H24/c1-4-5-6-7-8-12-9-10(2)11(12)3/h10-12H,4-9H2,1-3H3. The molecular weight excluding hydrogens is 144 g/mol. The van der Waals surface area contributed by atoms with E-state index in [1.165, 1.54) is 38.5 Å². The van der Waals surface area contributed by atoms with Crippen molar-refractivity contribution in [3.8, 4) is 0 Å². The van der Waals surface area contributed by atoms with E-state index in [1.807, 2.05) is 0 Å². The average molecular weight is 168 g/mol. The fraction of sp³-hybridized carbons (Fsp3) is 1.00. The highest BCUT2D eigenvalue weighted by Gasteiger charge is 2.33. The summed E-state index contributed by atoms with van der Waals surface area (Å²) in [4.78, 5) is 0. The molecule has 0 nitrogen and oxygen atoms in total. The normalized spacial score (nSPS) is 34.8. The van der Waals surface area contributed by atoms with E-state index in [-0.39, 0.29) is 0 Å². The predicted octanol–water partition coefficient (Wildman–Crippen LogP) is 4.25. The van der Waals surface area contributed by atoms with Crippen molar-refractivity contribution in [2.45, 2.75) is 59.3 Å².